The molecule has 0 aromatic heterocycles. The van der Waals surface area contributed by atoms with E-state index < -0.39 is 5.54 Å². The first-order valence-electron chi connectivity index (χ1n) is 12.9. The summed E-state index contributed by atoms with van der Waals surface area (Å²) >= 11 is 0. The Morgan fingerprint density at radius 3 is 2.44 bits per heavy atom. The van der Waals surface area contributed by atoms with E-state index in [2.05, 4.69) is 5.32 Å². The standard InChI is InChI=1S/C29H38N2O5/c1-35-25-9-8-22(19-26(25)36-2)20-29(14-10-27(33)30-29)15-11-28(34)31-16-12-23(13-17-31)24(32)18-21-6-4-3-5-7-21/h3-9,19,23-24,32H,10-18,20H2,1-2H3,(H,30,33)/t24-,29-/m0/s1. The van der Waals surface area contributed by atoms with Gasteiger partial charge >= 0.3 is 0 Å². The second-order valence-corrected chi connectivity index (χ2v) is 10.2. The molecule has 2 heterocycles. The Hall–Kier alpha value is -3.06. The summed E-state index contributed by atoms with van der Waals surface area (Å²) in [5.41, 5.74) is 1.74. The van der Waals surface area contributed by atoms with Crippen LogP contribution in [-0.4, -0.2) is 60.8 Å². The predicted molar refractivity (Wildman–Crippen MR) is 138 cm³/mol. The van der Waals surface area contributed by atoms with E-state index in [4.69, 9.17) is 9.47 Å². The summed E-state index contributed by atoms with van der Waals surface area (Å²) in [7, 11) is 3.21. The summed E-state index contributed by atoms with van der Waals surface area (Å²) in [5.74, 6) is 1.69. The third-order valence-electron chi connectivity index (χ3n) is 7.77. The molecule has 4 rings (SSSR count). The number of amides is 2. The van der Waals surface area contributed by atoms with Crippen molar-refractivity contribution in [2.24, 2.45) is 5.92 Å². The second kappa shape index (κ2) is 11.8. The number of nitrogens with one attached hydrogen (secondary N) is 1. The smallest absolute Gasteiger partial charge is 0.222 e. The molecule has 2 aliphatic rings. The highest BCUT2D eigenvalue weighted by molar-refractivity contribution is 5.80. The first-order chi connectivity index (χ1) is 17.4. The molecule has 0 radical (unpaired) electrons. The molecule has 7 nitrogen and oxygen atoms in total. The molecule has 36 heavy (non-hydrogen) atoms. The zero-order valence-electron chi connectivity index (χ0n) is 21.4. The predicted octanol–water partition coefficient (Wildman–Crippen LogP) is 3.52. The number of hydrogen-bond donors (Lipinski definition) is 2. The number of hydrogen-bond acceptors (Lipinski definition) is 5. The van der Waals surface area contributed by atoms with Gasteiger partial charge in [0.1, 0.15) is 0 Å². The lowest BCUT2D eigenvalue weighted by Gasteiger charge is -2.35. The third kappa shape index (κ3) is 6.38. The molecule has 2 aromatic rings. The summed E-state index contributed by atoms with van der Waals surface area (Å²) in [6.07, 6.45) is 4.71. The van der Waals surface area contributed by atoms with E-state index in [1.807, 2.05) is 53.4 Å². The summed E-state index contributed by atoms with van der Waals surface area (Å²) in [4.78, 5) is 27.2. The van der Waals surface area contributed by atoms with Crippen molar-refractivity contribution in [2.75, 3.05) is 27.3 Å². The summed E-state index contributed by atoms with van der Waals surface area (Å²) in [6.45, 7) is 1.34. The Bertz CT molecular complexity index is 1040. The zero-order valence-corrected chi connectivity index (χ0v) is 21.4. The minimum absolute atomic E-state index is 0.0381. The maximum absolute atomic E-state index is 13.1. The molecule has 2 fully saturated rings. The van der Waals surface area contributed by atoms with Gasteiger partial charge in [0.05, 0.1) is 20.3 Å². The van der Waals surface area contributed by atoms with Gasteiger partial charge in [0.2, 0.25) is 11.8 Å². The molecule has 0 unspecified atom stereocenters. The van der Waals surface area contributed by atoms with Gasteiger partial charge < -0.3 is 24.8 Å². The average molecular weight is 495 g/mol. The highest BCUT2D eigenvalue weighted by Crippen LogP contribution is 2.34. The van der Waals surface area contributed by atoms with Gasteiger partial charge in [0, 0.05) is 31.5 Å². The van der Waals surface area contributed by atoms with Crippen molar-refractivity contribution >= 4 is 11.8 Å². The number of aliphatic hydroxyl groups is 1. The fourth-order valence-corrected chi connectivity index (χ4v) is 5.62. The molecule has 2 aromatic carbocycles. The highest BCUT2D eigenvalue weighted by Gasteiger charge is 2.38. The van der Waals surface area contributed by atoms with Gasteiger partial charge in [-0.2, -0.15) is 0 Å². The maximum atomic E-state index is 13.1. The number of benzene rings is 2. The van der Waals surface area contributed by atoms with Crippen LogP contribution in [0.4, 0.5) is 0 Å². The SMILES string of the molecule is COc1ccc(C[C@@]2(CCC(=O)N3CCC([C@@H](O)Cc4ccccc4)CC3)CCC(=O)N2)cc1OC. The summed E-state index contributed by atoms with van der Waals surface area (Å²) < 4.78 is 10.8. The van der Waals surface area contributed by atoms with E-state index >= 15 is 0 Å². The van der Waals surface area contributed by atoms with Crippen LogP contribution in [0, 0.1) is 5.92 Å². The van der Waals surface area contributed by atoms with E-state index in [1.54, 1.807) is 14.2 Å². The number of piperidine rings is 1. The molecule has 2 atom stereocenters. The minimum atomic E-state index is -0.434. The first kappa shape index (κ1) is 26.0. The van der Waals surface area contributed by atoms with Crippen LogP contribution < -0.4 is 14.8 Å². The van der Waals surface area contributed by atoms with Crippen molar-refractivity contribution < 1.29 is 24.2 Å². The van der Waals surface area contributed by atoms with Gasteiger partial charge in [0.25, 0.3) is 0 Å². The molecule has 0 saturated carbocycles. The fraction of sp³-hybridized carbons (Fsp3) is 0.517. The molecule has 0 aliphatic carbocycles. The number of carbonyl (C=O) groups excluding carboxylic acids is 2. The van der Waals surface area contributed by atoms with Crippen LogP contribution in [0.5, 0.6) is 11.5 Å². The molecular formula is C29H38N2O5. The summed E-state index contributed by atoms with van der Waals surface area (Å²) in [5, 5.41) is 13.9. The van der Waals surface area contributed by atoms with Crippen molar-refractivity contribution in [3.8, 4) is 11.5 Å². The lowest BCUT2D eigenvalue weighted by atomic mass is 9.84. The van der Waals surface area contributed by atoms with Gasteiger partial charge in [-0.15, -0.1) is 0 Å². The Kier molecular flexibility index (Phi) is 8.52. The molecule has 2 aliphatic heterocycles. The van der Waals surface area contributed by atoms with Crippen molar-refractivity contribution in [3.05, 3.63) is 59.7 Å². The second-order valence-electron chi connectivity index (χ2n) is 10.2. The number of ether oxygens (including phenoxy) is 2. The van der Waals surface area contributed by atoms with Gasteiger partial charge in [-0.25, -0.2) is 0 Å². The Balaban J connectivity index is 1.31. The molecule has 2 saturated heterocycles. The molecule has 2 N–H and O–H groups in total. The number of rotatable bonds is 10. The monoisotopic (exact) mass is 494 g/mol. The molecular weight excluding hydrogens is 456 g/mol. The van der Waals surface area contributed by atoms with Crippen LogP contribution in [0.2, 0.25) is 0 Å². The number of methoxy groups -OCH3 is 2. The largest absolute Gasteiger partial charge is 0.493 e. The van der Waals surface area contributed by atoms with E-state index in [1.165, 1.54) is 0 Å². The molecule has 2 amide bonds. The number of carbonyl (C=O) groups is 2. The van der Waals surface area contributed by atoms with Crippen molar-refractivity contribution in [2.45, 2.75) is 63.0 Å². The lowest BCUT2D eigenvalue weighted by Crippen LogP contribution is -2.46. The van der Waals surface area contributed by atoms with Crippen LogP contribution in [0.25, 0.3) is 0 Å². The van der Waals surface area contributed by atoms with E-state index in [0.29, 0.717) is 63.1 Å². The van der Waals surface area contributed by atoms with Crippen molar-refractivity contribution in [1.82, 2.24) is 10.2 Å². The zero-order chi connectivity index (χ0) is 25.5. The number of aliphatic hydroxyl groups excluding tert-OH is 1. The summed E-state index contributed by atoms with van der Waals surface area (Å²) in [6, 6.07) is 15.9. The Morgan fingerprint density at radius 1 is 1.08 bits per heavy atom. The van der Waals surface area contributed by atoms with Gasteiger partial charge in [-0.1, -0.05) is 36.4 Å². The van der Waals surface area contributed by atoms with Crippen LogP contribution in [0.3, 0.4) is 0 Å². The van der Waals surface area contributed by atoms with Gasteiger partial charge in [0.15, 0.2) is 11.5 Å². The molecule has 0 spiro atoms. The van der Waals surface area contributed by atoms with E-state index in [9.17, 15) is 14.7 Å². The average Bonchev–Trinajstić information content (AvgIpc) is 3.28. The molecule has 194 valence electrons. The topological polar surface area (TPSA) is 88.1 Å². The molecule has 0 bridgehead atoms. The van der Waals surface area contributed by atoms with Crippen LogP contribution in [0.1, 0.15) is 49.7 Å². The minimum Gasteiger partial charge on any atom is -0.493 e. The normalized spacial score (nSPS) is 21.2. The highest BCUT2D eigenvalue weighted by atomic mass is 16.5. The van der Waals surface area contributed by atoms with Crippen LogP contribution in [-0.2, 0) is 22.4 Å². The Labute approximate surface area is 213 Å². The number of likely N-dealkylation sites (tertiary alicyclic amines) is 1. The molecule has 7 heteroatoms. The van der Waals surface area contributed by atoms with Gasteiger partial charge in [-0.3, -0.25) is 9.59 Å². The maximum Gasteiger partial charge on any atom is 0.222 e. The Morgan fingerprint density at radius 2 is 1.81 bits per heavy atom. The quantitative estimate of drug-likeness (QED) is 0.528. The third-order valence-corrected chi connectivity index (χ3v) is 7.77. The fourth-order valence-electron chi connectivity index (χ4n) is 5.62. The van der Waals surface area contributed by atoms with Crippen molar-refractivity contribution in [1.29, 1.82) is 0 Å². The van der Waals surface area contributed by atoms with Crippen molar-refractivity contribution in [3.63, 3.8) is 0 Å². The first-order valence-corrected chi connectivity index (χ1v) is 12.9. The van der Waals surface area contributed by atoms with E-state index in [0.717, 1.165) is 24.0 Å². The number of nitrogens with zero attached hydrogens (tertiary/aromatic N) is 1. The van der Waals surface area contributed by atoms with Crippen LogP contribution >= 0.6 is 0 Å². The van der Waals surface area contributed by atoms with Crippen LogP contribution in [0.15, 0.2) is 48.5 Å². The lowest BCUT2D eigenvalue weighted by molar-refractivity contribution is -0.133. The van der Waals surface area contributed by atoms with E-state index in [-0.39, 0.29) is 23.8 Å². The van der Waals surface area contributed by atoms with Gasteiger partial charge in [-0.05, 0) is 67.7 Å².